The van der Waals surface area contributed by atoms with E-state index in [2.05, 4.69) is 5.10 Å². The molecule has 1 aliphatic rings. The van der Waals surface area contributed by atoms with E-state index in [4.69, 9.17) is 10.5 Å². The smallest absolute Gasteiger partial charge is 0.241 e. The third-order valence-electron chi connectivity index (χ3n) is 2.38. The molecule has 0 saturated heterocycles. The summed E-state index contributed by atoms with van der Waals surface area (Å²) in [6.45, 7) is 1.47. The lowest BCUT2D eigenvalue weighted by Crippen LogP contribution is -2.23. The van der Waals surface area contributed by atoms with E-state index < -0.39 is 0 Å². The minimum Gasteiger partial charge on any atom is -0.497 e. The summed E-state index contributed by atoms with van der Waals surface area (Å²) in [7, 11) is 1.61. The van der Waals surface area contributed by atoms with Gasteiger partial charge in [-0.2, -0.15) is 0 Å². The largest absolute Gasteiger partial charge is 0.497 e. The standard InChI is InChI=1S/C11H13N3O2S/c1-7(15)14-10(17-11(12)13-14)8-3-5-9(16-2)6-4-8/h3-6,10H,1-2H3,(H2,12,13). The highest BCUT2D eigenvalue weighted by atomic mass is 32.2. The molecule has 17 heavy (non-hydrogen) atoms. The van der Waals surface area contributed by atoms with Crippen LogP contribution in [0.3, 0.4) is 0 Å². The summed E-state index contributed by atoms with van der Waals surface area (Å²) in [5.74, 6) is 0.652. The number of carbonyl (C=O) groups is 1. The van der Waals surface area contributed by atoms with Gasteiger partial charge in [-0.1, -0.05) is 23.9 Å². The van der Waals surface area contributed by atoms with Gasteiger partial charge in [0.1, 0.15) is 11.1 Å². The van der Waals surface area contributed by atoms with Crippen LogP contribution in [0.2, 0.25) is 0 Å². The predicted octanol–water partition coefficient (Wildman–Crippen LogP) is 1.52. The van der Waals surface area contributed by atoms with E-state index in [1.807, 2.05) is 24.3 Å². The Morgan fingerprint density at radius 2 is 2.12 bits per heavy atom. The number of hydrogen-bond acceptors (Lipinski definition) is 5. The highest BCUT2D eigenvalue weighted by Gasteiger charge is 2.30. The fourth-order valence-corrected chi connectivity index (χ4v) is 2.51. The Kier molecular flexibility index (Phi) is 3.23. The minimum absolute atomic E-state index is 0.126. The molecule has 0 aliphatic carbocycles. The molecule has 2 N–H and O–H groups in total. The number of carbonyl (C=O) groups excluding carboxylic acids is 1. The zero-order chi connectivity index (χ0) is 12.4. The van der Waals surface area contributed by atoms with E-state index in [0.29, 0.717) is 5.17 Å². The van der Waals surface area contributed by atoms with E-state index in [0.717, 1.165) is 11.3 Å². The summed E-state index contributed by atoms with van der Waals surface area (Å²) in [5, 5.41) is 5.61. The van der Waals surface area contributed by atoms with Gasteiger partial charge < -0.3 is 10.5 Å². The van der Waals surface area contributed by atoms with E-state index in [1.165, 1.54) is 23.7 Å². The van der Waals surface area contributed by atoms with E-state index >= 15 is 0 Å². The lowest BCUT2D eigenvalue weighted by Gasteiger charge is -2.19. The maximum absolute atomic E-state index is 11.4. The summed E-state index contributed by atoms with van der Waals surface area (Å²) < 4.78 is 5.09. The van der Waals surface area contributed by atoms with Crippen LogP contribution in [0.4, 0.5) is 0 Å². The molecule has 0 radical (unpaired) electrons. The molecule has 0 fully saturated rings. The van der Waals surface area contributed by atoms with E-state index in [1.54, 1.807) is 7.11 Å². The first-order valence-electron chi connectivity index (χ1n) is 5.06. The van der Waals surface area contributed by atoms with Gasteiger partial charge in [-0.25, -0.2) is 5.01 Å². The molecule has 1 heterocycles. The van der Waals surface area contributed by atoms with Gasteiger partial charge in [0.2, 0.25) is 5.91 Å². The second-order valence-electron chi connectivity index (χ2n) is 3.55. The van der Waals surface area contributed by atoms with Crippen LogP contribution in [0.5, 0.6) is 5.75 Å². The van der Waals surface area contributed by atoms with Crippen molar-refractivity contribution in [1.29, 1.82) is 0 Å². The molecule has 0 spiro atoms. The van der Waals surface area contributed by atoms with Gasteiger partial charge in [-0.3, -0.25) is 4.79 Å². The molecular formula is C11H13N3O2S. The molecule has 0 saturated carbocycles. The van der Waals surface area contributed by atoms with E-state index in [9.17, 15) is 4.79 Å². The summed E-state index contributed by atoms with van der Waals surface area (Å²) >= 11 is 1.36. The zero-order valence-electron chi connectivity index (χ0n) is 9.58. The van der Waals surface area contributed by atoms with Crippen molar-refractivity contribution in [2.24, 2.45) is 10.8 Å². The summed E-state index contributed by atoms with van der Waals surface area (Å²) in [6.07, 6.45) is 0. The zero-order valence-corrected chi connectivity index (χ0v) is 10.4. The van der Waals surface area contributed by atoms with Crippen LogP contribution in [0, 0.1) is 0 Å². The molecular weight excluding hydrogens is 238 g/mol. The van der Waals surface area contributed by atoms with Crippen molar-refractivity contribution >= 4 is 22.8 Å². The topological polar surface area (TPSA) is 67.9 Å². The van der Waals surface area contributed by atoms with Gasteiger partial charge in [0.05, 0.1) is 7.11 Å². The second-order valence-corrected chi connectivity index (χ2v) is 4.65. The Morgan fingerprint density at radius 1 is 1.47 bits per heavy atom. The van der Waals surface area contributed by atoms with Crippen LogP contribution < -0.4 is 10.5 Å². The lowest BCUT2D eigenvalue weighted by molar-refractivity contribution is -0.129. The van der Waals surface area contributed by atoms with E-state index in [-0.39, 0.29) is 11.3 Å². The number of nitrogens with zero attached hydrogens (tertiary/aromatic N) is 2. The van der Waals surface area contributed by atoms with Crippen molar-refractivity contribution in [2.75, 3.05) is 7.11 Å². The number of ether oxygens (including phenoxy) is 1. The molecule has 1 aromatic carbocycles. The molecule has 2 rings (SSSR count). The van der Waals surface area contributed by atoms with Gasteiger partial charge >= 0.3 is 0 Å². The third kappa shape index (κ3) is 2.36. The first-order valence-corrected chi connectivity index (χ1v) is 5.94. The molecule has 1 aromatic rings. The van der Waals surface area contributed by atoms with Crippen LogP contribution >= 0.6 is 11.8 Å². The number of rotatable bonds is 2. The van der Waals surface area contributed by atoms with Crippen LogP contribution in [0.15, 0.2) is 29.4 Å². The molecule has 1 aliphatic heterocycles. The van der Waals surface area contributed by atoms with Gasteiger partial charge in [0.15, 0.2) is 5.17 Å². The van der Waals surface area contributed by atoms with Gasteiger partial charge in [-0.05, 0) is 17.7 Å². The second kappa shape index (κ2) is 4.67. The first-order chi connectivity index (χ1) is 8.11. The molecule has 0 bridgehead atoms. The molecule has 0 aromatic heterocycles. The third-order valence-corrected chi connectivity index (χ3v) is 3.40. The average Bonchev–Trinajstić information content (AvgIpc) is 2.72. The maximum Gasteiger partial charge on any atom is 0.241 e. The van der Waals surface area contributed by atoms with Crippen LogP contribution in [-0.2, 0) is 4.79 Å². The fourth-order valence-electron chi connectivity index (χ4n) is 1.56. The van der Waals surface area contributed by atoms with Gasteiger partial charge in [-0.15, -0.1) is 5.10 Å². The number of nitrogens with two attached hydrogens (primary N) is 1. The Morgan fingerprint density at radius 3 is 2.65 bits per heavy atom. The normalized spacial score (nSPS) is 19.1. The van der Waals surface area contributed by atoms with Crippen molar-refractivity contribution in [3.63, 3.8) is 0 Å². The quantitative estimate of drug-likeness (QED) is 0.865. The Bertz CT molecular complexity index is 458. The fraction of sp³-hybridized carbons (Fsp3) is 0.273. The van der Waals surface area contributed by atoms with Crippen molar-refractivity contribution < 1.29 is 9.53 Å². The number of benzene rings is 1. The maximum atomic E-state index is 11.4. The molecule has 6 heteroatoms. The molecule has 1 amide bonds. The Labute approximate surface area is 104 Å². The molecule has 1 atom stereocenters. The van der Waals surface area contributed by atoms with Crippen LogP contribution in [0.25, 0.3) is 0 Å². The number of amidine groups is 1. The monoisotopic (exact) mass is 251 g/mol. The van der Waals surface area contributed by atoms with Crippen molar-refractivity contribution in [1.82, 2.24) is 5.01 Å². The number of thioether (sulfide) groups is 1. The van der Waals surface area contributed by atoms with Crippen molar-refractivity contribution in [2.45, 2.75) is 12.3 Å². The Hall–Kier alpha value is -1.69. The predicted molar refractivity (Wildman–Crippen MR) is 67.5 cm³/mol. The van der Waals surface area contributed by atoms with Gasteiger partial charge in [0, 0.05) is 6.92 Å². The number of amides is 1. The number of hydrogen-bond donors (Lipinski definition) is 1. The summed E-state index contributed by atoms with van der Waals surface area (Å²) in [6, 6.07) is 7.51. The first kappa shape index (κ1) is 11.8. The minimum atomic E-state index is -0.182. The highest BCUT2D eigenvalue weighted by Crippen LogP contribution is 2.38. The average molecular weight is 251 g/mol. The number of hydrazone groups is 1. The summed E-state index contributed by atoms with van der Waals surface area (Å²) in [5.41, 5.74) is 6.61. The van der Waals surface area contributed by atoms with Crippen LogP contribution in [-0.4, -0.2) is 23.2 Å². The van der Waals surface area contributed by atoms with Crippen molar-refractivity contribution in [3.05, 3.63) is 29.8 Å². The molecule has 1 unspecified atom stereocenters. The molecule has 90 valence electrons. The van der Waals surface area contributed by atoms with Gasteiger partial charge in [0.25, 0.3) is 0 Å². The Balaban J connectivity index is 2.24. The van der Waals surface area contributed by atoms with Crippen LogP contribution in [0.1, 0.15) is 17.9 Å². The lowest BCUT2D eigenvalue weighted by atomic mass is 10.2. The SMILES string of the molecule is COc1ccc(C2SC(N)=NN2C(C)=O)cc1. The summed E-state index contributed by atoms with van der Waals surface area (Å²) in [4.78, 5) is 11.4. The van der Waals surface area contributed by atoms with Crippen molar-refractivity contribution in [3.8, 4) is 5.75 Å². The highest BCUT2D eigenvalue weighted by molar-refractivity contribution is 8.14. The number of methoxy groups -OCH3 is 1. The molecule has 5 nitrogen and oxygen atoms in total.